The normalized spacial score (nSPS) is 17.2. The fourth-order valence-corrected chi connectivity index (χ4v) is 5.44. The number of halogens is 2. The minimum atomic E-state index is -0.604. The molecule has 1 saturated heterocycles. The van der Waals surface area contributed by atoms with Crippen molar-refractivity contribution in [3.63, 3.8) is 0 Å². The highest BCUT2D eigenvalue weighted by molar-refractivity contribution is 7.17. The number of aromatic nitrogens is 3. The van der Waals surface area contributed by atoms with Crippen molar-refractivity contribution in [1.29, 1.82) is 5.26 Å². The van der Waals surface area contributed by atoms with Crippen molar-refractivity contribution in [1.82, 2.24) is 20.3 Å². The Hall–Kier alpha value is -3.53. The largest absolute Gasteiger partial charge is 0.462 e. The van der Waals surface area contributed by atoms with Gasteiger partial charge in [-0.3, -0.25) is 9.78 Å². The van der Waals surface area contributed by atoms with Crippen LogP contribution in [0.1, 0.15) is 51.7 Å². The first-order chi connectivity index (χ1) is 18.3. The third kappa shape index (κ3) is 5.50. The number of pyridine rings is 1. The van der Waals surface area contributed by atoms with E-state index < -0.39 is 23.8 Å². The predicted octanol–water partition coefficient (Wildman–Crippen LogP) is 4.10. The molecule has 4 rings (SSSR count). The first kappa shape index (κ1) is 27.5. The molecule has 0 unspecified atom stereocenters. The maximum absolute atomic E-state index is 14.6. The summed E-state index contributed by atoms with van der Waals surface area (Å²) in [7, 11) is 0. The molecule has 0 radical (unpaired) electrons. The number of carbonyl (C=O) groups is 2. The summed E-state index contributed by atoms with van der Waals surface area (Å²) >= 11 is 7.24. The zero-order valence-electron chi connectivity index (χ0n) is 21.0. The molecule has 10 nitrogen and oxygen atoms in total. The summed E-state index contributed by atoms with van der Waals surface area (Å²) in [5, 5.41) is 13.1. The second kappa shape index (κ2) is 11.9. The lowest BCUT2D eigenvalue weighted by Gasteiger charge is -2.38. The molecular weight excluding hydrogens is 535 g/mol. The average molecular weight is 561 g/mol. The van der Waals surface area contributed by atoms with Crippen molar-refractivity contribution >= 4 is 39.9 Å². The van der Waals surface area contributed by atoms with Crippen molar-refractivity contribution in [3.8, 4) is 17.5 Å². The van der Waals surface area contributed by atoms with E-state index in [9.17, 15) is 19.2 Å². The van der Waals surface area contributed by atoms with Crippen LogP contribution in [0.25, 0.3) is 11.4 Å². The number of H-pyrrole nitrogens is 1. The van der Waals surface area contributed by atoms with Gasteiger partial charge in [-0.25, -0.2) is 14.2 Å². The molecule has 200 valence electrons. The SMILES string of the molecule is CCOC(=O)c1sc(N2CC[C@@H](NC(=O)c3[nH]c(C)c(Cl)c3C#N)[C@@H](OCC)C2)nc1-c1ncccc1F. The lowest BCUT2D eigenvalue weighted by atomic mass is 10.0. The van der Waals surface area contributed by atoms with Gasteiger partial charge >= 0.3 is 5.97 Å². The van der Waals surface area contributed by atoms with Crippen LogP contribution in [0.4, 0.5) is 9.52 Å². The van der Waals surface area contributed by atoms with Crippen LogP contribution in [0, 0.1) is 24.1 Å². The molecule has 1 aliphatic heterocycles. The molecule has 0 aromatic carbocycles. The van der Waals surface area contributed by atoms with Gasteiger partial charge in [0.15, 0.2) is 10.9 Å². The summed E-state index contributed by atoms with van der Waals surface area (Å²) in [4.78, 5) is 39.3. The number of nitrogens with one attached hydrogen (secondary N) is 2. The second-order valence-electron chi connectivity index (χ2n) is 8.46. The van der Waals surface area contributed by atoms with Gasteiger partial charge < -0.3 is 24.7 Å². The predicted molar refractivity (Wildman–Crippen MR) is 140 cm³/mol. The fraction of sp³-hybridized carbons (Fsp3) is 0.400. The van der Waals surface area contributed by atoms with Crippen LogP contribution in [-0.4, -0.2) is 65.3 Å². The number of anilines is 1. The van der Waals surface area contributed by atoms with Gasteiger partial charge in [-0.05, 0) is 39.3 Å². The Morgan fingerprint density at radius 1 is 1.37 bits per heavy atom. The highest BCUT2D eigenvalue weighted by Gasteiger charge is 2.35. The van der Waals surface area contributed by atoms with Gasteiger partial charge in [0, 0.05) is 31.6 Å². The molecule has 2 N–H and O–H groups in total. The van der Waals surface area contributed by atoms with Crippen molar-refractivity contribution in [2.24, 2.45) is 0 Å². The van der Waals surface area contributed by atoms with E-state index in [-0.39, 0.29) is 45.2 Å². The monoisotopic (exact) mass is 560 g/mol. The fourth-order valence-electron chi connectivity index (χ4n) is 4.26. The summed E-state index contributed by atoms with van der Waals surface area (Å²) in [6.07, 6.45) is 1.51. The number of rotatable bonds is 8. The zero-order valence-corrected chi connectivity index (χ0v) is 22.6. The van der Waals surface area contributed by atoms with Gasteiger partial charge in [-0.15, -0.1) is 0 Å². The van der Waals surface area contributed by atoms with Crippen LogP contribution < -0.4 is 10.2 Å². The molecule has 38 heavy (non-hydrogen) atoms. The third-order valence-electron chi connectivity index (χ3n) is 6.04. The minimum absolute atomic E-state index is 0.0326. The Bertz CT molecular complexity index is 1390. The number of hydrogen-bond donors (Lipinski definition) is 2. The van der Waals surface area contributed by atoms with E-state index in [0.29, 0.717) is 36.9 Å². The highest BCUT2D eigenvalue weighted by atomic mass is 35.5. The summed E-state index contributed by atoms with van der Waals surface area (Å²) in [6, 6.07) is 4.33. The quantitative estimate of drug-likeness (QED) is 0.393. The van der Waals surface area contributed by atoms with Crippen molar-refractivity contribution in [2.45, 2.75) is 39.3 Å². The number of aryl methyl sites for hydroxylation is 1. The topological polar surface area (TPSA) is 133 Å². The molecule has 0 aliphatic carbocycles. The number of esters is 1. The molecule has 4 heterocycles. The van der Waals surface area contributed by atoms with Crippen LogP contribution in [0.15, 0.2) is 18.3 Å². The molecule has 0 spiro atoms. The smallest absolute Gasteiger partial charge is 0.350 e. The Labute approximate surface area is 227 Å². The van der Waals surface area contributed by atoms with E-state index >= 15 is 0 Å². The molecule has 1 amide bonds. The van der Waals surface area contributed by atoms with E-state index in [2.05, 4.69) is 20.3 Å². The summed E-state index contributed by atoms with van der Waals surface area (Å²) < 4.78 is 25.7. The van der Waals surface area contributed by atoms with Gasteiger partial charge in [-0.1, -0.05) is 22.9 Å². The van der Waals surface area contributed by atoms with Crippen LogP contribution in [0.2, 0.25) is 5.02 Å². The number of piperidine rings is 1. The van der Waals surface area contributed by atoms with Crippen LogP contribution in [-0.2, 0) is 9.47 Å². The number of nitrogens with zero attached hydrogens (tertiary/aromatic N) is 4. The van der Waals surface area contributed by atoms with Crippen molar-refractivity contribution in [3.05, 3.63) is 51.0 Å². The summed E-state index contributed by atoms with van der Waals surface area (Å²) in [5.74, 6) is -1.65. The Morgan fingerprint density at radius 2 is 2.16 bits per heavy atom. The zero-order chi connectivity index (χ0) is 27.4. The van der Waals surface area contributed by atoms with E-state index in [1.54, 1.807) is 13.8 Å². The van der Waals surface area contributed by atoms with Crippen molar-refractivity contribution in [2.75, 3.05) is 31.2 Å². The number of thiazole rings is 1. The van der Waals surface area contributed by atoms with Crippen LogP contribution in [0.3, 0.4) is 0 Å². The van der Waals surface area contributed by atoms with E-state index in [4.69, 9.17) is 21.1 Å². The van der Waals surface area contributed by atoms with Gasteiger partial charge in [0.1, 0.15) is 33.6 Å². The maximum Gasteiger partial charge on any atom is 0.350 e. The number of hydrogen-bond acceptors (Lipinski definition) is 9. The maximum atomic E-state index is 14.6. The standard InChI is InChI=1S/C25H26ClFN6O4S/c1-4-36-17-12-33(10-8-16(17)31-23(34)19-14(11-28)18(26)13(3)30-19)25-32-21(20-15(27)7-6-9-29-20)22(38-25)24(35)37-5-2/h6-7,9,16-17,30H,4-5,8,10,12H2,1-3H3,(H,31,34)/t16-,17+/m1/s1. The van der Waals surface area contributed by atoms with E-state index in [1.807, 2.05) is 17.9 Å². The molecule has 1 fully saturated rings. The second-order valence-corrected chi connectivity index (χ2v) is 9.82. The first-order valence-electron chi connectivity index (χ1n) is 12.0. The molecule has 0 bridgehead atoms. The number of carbonyl (C=O) groups excluding carboxylic acids is 2. The number of amides is 1. The van der Waals surface area contributed by atoms with Gasteiger partial charge in [-0.2, -0.15) is 5.26 Å². The molecule has 3 aromatic rings. The van der Waals surface area contributed by atoms with E-state index in [0.717, 1.165) is 11.3 Å². The number of nitriles is 1. The molecule has 2 atom stereocenters. The number of ether oxygens (including phenoxy) is 2. The molecule has 13 heteroatoms. The molecule has 1 aliphatic rings. The summed E-state index contributed by atoms with van der Waals surface area (Å²) in [6.45, 7) is 6.62. The Morgan fingerprint density at radius 3 is 2.84 bits per heavy atom. The lowest BCUT2D eigenvalue weighted by molar-refractivity contribution is 0.0272. The third-order valence-corrected chi connectivity index (χ3v) is 7.61. The first-order valence-corrected chi connectivity index (χ1v) is 13.2. The minimum Gasteiger partial charge on any atom is -0.462 e. The number of aromatic amines is 1. The molecule has 0 saturated carbocycles. The van der Waals surface area contributed by atoms with Crippen molar-refractivity contribution < 1.29 is 23.5 Å². The van der Waals surface area contributed by atoms with Crippen LogP contribution >= 0.6 is 22.9 Å². The Balaban J connectivity index is 1.58. The Kier molecular flexibility index (Phi) is 8.61. The molecular formula is C25H26ClFN6O4S. The van der Waals surface area contributed by atoms with E-state index in [1.165, 1.54) is 18.3 Å². The van der Waals surface area contributed by atoms with Crippen LogP contribution in [0.5, 0.6) is 0 Å². The average Bonchev–Trinajstić information content (AvgIpc) is 3.47. The van der Waals surface area contributed by atoms with Gasteiger partial charge in [0.05, 0.1) is 23.8 Å². The summed E-state index contributed by atoms with van der Waals surface area (Å²) in [5.41, 5.74) is 0.818. The highest BCUT2D eigenvalue weighted by Crippen LogP contribution is 2.35. The van der Waals surface area contributed by atoms with Gasteiger partial charge in [0.2, 0.25) is 0 Å². The lowest BCUT2D eigenvalue weighted by Crippen LogP contribution is -2.55. The van der Waals surface area contributed by atoms with Gasteiger partial charge in [0.25, 0.3) is 5.91 Å². The molecule has 3 aromatic heterocycles.